The zero-order valence-electron chi connectivity index (χ0n) is 13.4. The number of amides is 1. The van der Waals surface area contributed by atoms with Crippen molar-refractivity contribution in [3.05, 3.63) is 17.0 Å². The van der Waals surface area contributed by atoms with E-state index >= 15 is 0 Å². The maximum atomic E-state index is 12.9. The summed E-state index contributed by atoms with van der Waals surface area (Å²) in [5.41, 5.74) is 1.51. The second kappa shape index (κ2) is 7.17. The summed E-state index contributed by atoms with van der Waals surface area (Å²) in [6.07, 6.45) is 1.97. The molecule has 5 nitrogen and oxygen atoms in total. The van der Waals surface area contributed by atoms with E-state index in [0.29, 0.717) is 28.2 Å². The van der Waals surface area contributed by atoms with E-state index in [2.05, 4.69) is 10.4 Å². The highest BCUT2D eigenvalue weighted by atomic mass is 19.3. The third kappa shape index (κ3) is 3.45. The first-order chi connectivity index (χ1) is 10.5. The molecule has 1 aromatic heterocycles. The lowest BCUT2D eigenvalue weighted by atomic mass is 10.1. The van der Waals surface area contributed by atoms with Crippen LogP contribution in [-0.2, 0) is 11.2 Å². The minimum Gasteiger partial charge on any atom is -0.338 e. The first-order valence-corrected chi connectivity index (χ1v) is 7.78. The normalized spacial score (nSPS) is 18.2. The molecule has 1 amide bonds. The molecule has 1 fully saturated rings. The van der Waals surface area contributed by atoms with Crippen LogP contribution in [-0.4, -0.2) is 46.3 Å². The number of nitrogens with one attached hydrogen (secondary N) is 1. The molecule has 22 heavy (non-hydrogen) atoms. The molecule has 124 valence electrons. The number of carbonyl (C=O) groups excluding carboxylic acids is 1. The van der Waals surface area contributed by atoms with E-state index in [-0.39, 0.29) is 18.4 Å². The predicted molar refractivity (Wildman–Crippen MR) is 79.9 cm³/mol. The summed E-state index contributed by atoms with van der Waals surface area (Å²) < 4.78 is 26.5. The topological polar surface area (TPSA) is 50.2 Å². The smallest absolute Gasteiger partial charge is 0.333 e. The van der Waals surface area contributed by atoms with Gasteiger partial charge in [-0.2, -0.15) is 13.9 Å². The number of alkyl halides is 2. The van der Waals surface area contributed by atoms with Gasteiger partial charge < -0.3 is 10.2 Å². The van der Waals surface area contributed by atoms with Gasteiger partial charge in [-0.1, -0.05) is 6.92 Å². The molecular weight excluding hydrogens is 290 g/mol. The molecule has 0 bridgehead atoms. The number of rotatable bonds is 6. The van der Waals surface area contributed by atoms with Crippen molar-refractivity contribution >= 4 is 5.91 Å². The fourth-order valence-electron chi connectivity index (χ4n) is 3.05. The highest BCUT2D eigenvalue weighted by Crippen LogP contribution is 2.21. The van der Waals surface area contributed by atoms with Crippen LogP contribution in [0.15, 0.2) is 0 Å². The molecule has 2 heterocycles. The summed E-state index contributed by atoms with van der Waals surface area (Å²) in [6.45, 7) is 5.05. The molecule has 1 N–H and O–H groups in total. The Kier molecular flexibility index (Phi) is 5.50. The van der Waals surface area contributed by atoms with E-state index in [1.165, 1.54) is 0 Å². The monoisotopic (exact) mass is 314 g/mol. The Morgan fingerprint density at radius 3 is 2.73 bits per heavy atom. The molecule has 7 heteroatoms. The van der Waals surface area contributed by atoms with Crippen molar-refractivity contribution < 1.29 is 13.6 Å². The number of aromatic nitrogens is 2. The maximum absolute atomic E-state index is 12.9. The second-order valence-corrected chi connectivity index (χ2v) is 5.78. The van der Waals surface area contributed by atoms with E-state index in [0.717, 1.165) is 25.9 Å². The minimum absolute atomic E-state index is 0.00411. The second-order valence-electron chi connectivity index (χ2n) is 5.78. The first kappa shape index (κ1) is 16.9. The number of carbonyl (C=O) groups is 1. The van der Waals surface area contributed by atoms with Gasteiger partial charge in [-0.3, -0.25) is 4.79 Å². The average Bonchev–Trinajstić information content (AvgIpc) is 3.08. The van der Waals surface area contributed by atoms with Crippen LogP contribution in [0.1, 0.15) is 43.3 Å². The van der Waals surface area contributed by atoms with Crippen LogP contribution >= 0.6 is 0 Å². The Bertz CT molecular complexity index is 524. The van der Waals surface area contributed by atoms with Gasteiger partial charge in [0, 0.05) is 30.4 Å². The van der Waals surface area contributed by atoms with Crippen molar-refractivity contribution in [2.45, 2.75) is 52.6 Å². The van der Waals surface area contributed by atoms with Crippen molar-refractivity contribution in [3.63, 3.8) is 0 Å². The highest BCUT2D eigenvalue weighted by Gasteiger charge is 2.27. The fraction of sp³-hybridized carbons (Fsp3) is 0.733. The Labute approximate surface area is 129 Å². The van der Waals surface area contributed by atoms with Crippen molar-refractivity contribution in [3.8, 4) is 0 Å². The van der Waals surface area contributed by atoms with Gasteiger partial charge in [-0.25, -0.2) is 4.68 Å². The summed E-state index contributed by atoms with van der Waals surface area (Å²) in [7, 11) is 0. The van der Waals surface area contributed by atoms with Crippen LogP contribution in [0.3, 0.4) is 0 Å². The molecule has 1 atom stereocenters. The molecule has 1 aliphatic heterocycles. The van der Waals surface area contributed by atoms with E-state index in [9.17, 15) is 13.6 Å². The molecule has 1 unspecified atom stereocenters. The SMILES string of the molecule is CCCN(C(=O)Cc1c(C)nn(C(F)F)c1C)C1CCNC1. The Hall–Kier alpha value is -1.50. The lowest BCUT2D eigenvalue weighted by Gasteiger charge is -2.28. The zero-order valence-corrected chi connectivity index (χ0v) is 13.4. The quantitative estimate of drug-likeness (QED) is 0.874. The van der Waals surface area contributed by atoms with Crippen LogP contribution in [0.5, 0.6) is 0 Å². The van der Waals surface area contributed by atoms with E-state index < -0.39 is 6.55 Å². The predicted octanol–water partition coefficient (Wildman–Crippen LogP) is 2.04. The van der Waals surface area contributed by atoms with Crippen LogP contribution in [0.4, 0.5) is 8.78 Å². The van der Waals surface area contributed by atoms with Crippen molar-refractivity contribution in [1.29, 1.82) is 0 Å². The largest absolute Gasteiger partial charge is 0.338 e. The number of hydrogen-bond donors (Lipinski definition) is 1. The van der Waals surface area contributed by atoms with Gasteiger partial charge >= 0.3 is 6.55 Å². The fourth-order valence-corrected chi connectivity index (χ4v) is 3.05. The number of halogens is 2. The van der Waals surface area contributed by atoms with Crippen molar-refractivity contribution in [2.75, 3.05) is 19.6 Å². The number of aryl methyl sites for hydroxylation is 1. The van der Waals surface area contributed by atoms with Gasteiger partial charge in [-0.15, -0.1) is 0 Å². The molecule has 1 saturated heterocycles. The van der Waals surface area contributed by atoms with Crippen LogP contribution in [0.25, 0.3) is 0 Å². The van der Waals surface area contributed by atoms with Gasteiger partial charge in [-0.05, 0) is 33.2 Å². The van der Waals surface area contributed by atoms with Crippen molar-refractivity contribution in [1.82, 2.24) is 20.0 Å². The van der Waals surface area contributed by atoms with Gasteiger partial charge in [0.1, 0.15) is 0 Å². The molecule has 2 rings (SSSR count). The lowest BCUT2D eigenvalue weighted by Crippen LogP contribution is -2.43. The molecule has 0 saturated carbocycles. The summed E-state index contributed by atoms with van der Waals surface area (Å²) in [4.78, 5) is 14.5. The van der Waals surface area contributed by atoms with Crippen LogP contribution in [0.2, 0.25) is 0 Å². The number of hydrogen-bond acceptors (Lipinski definition) is 3. The van der Waals surface area contributed by atoms with Crippen molar-refractivity contribution in [2.24, 2.45) is 0 Å². The summed E-state index contributed by atoms with van der Waals surface area (Å²) in [6, 6.07) is 0.207. The summed E-state index contributed by atoms with van der Waals surface area (Å²) >= 11 is 0. The van der Waals surface area contributed by atoms with Gasteiger partial charge in [0.05, 0.1) is 12.1 Å². The van der Waals surface area contributed by atoms with Gasteiger partial charge in [0.2, 0.25) is 5.91 Å². The van der Waals surface area contributed by atoms with Crippen LogP contribution < -0.4 is 5.32 Å². The zero-order chi connectivity index (χ0) is 16.3. The average molecular weight is 314 g/mol. The minimum atomic E-state index is -2.67. The van der Waals surface area contributed by atoms with E-state index in [1.54, 1.807) is 13.8 Å². The Morgan fingerprint density at radius 2 is 2.23 bits per heavy atom. The standard InChI is InChI=1S/C15H24F2N4O/c1-4-7-20(12-5-6-18-9-12)14(22)8-13-10(2)19-21(11(13)3)15(16)17/h12,15,18H,4-9H2,1-3H3. The first-order valence-electron chi connectivity index (χ1n) is 7.78. The van der Waals surface area contributed by atoms with Gasteiger partial charge in [0.25, 0.3) is 0 Å². The number of nitrogens with zero attached hydrogens (tertiary/aromatic N) is 3. The summed E-state index contributed by atoms with van der Waals surface area (Å²) in [5.74, 6) is -0.00411. The molecule has 0 spiro atoms. The molecule has 1 aromatic rings. The lowest BCUT2D eigenvalue weighted by molar-refractivity contribution is -0.132. The Balaban J connectivity index is 2.15. The summed E-state index contributed by atoms with van der Waals surface area (Å²) in [5, 5.41) is 7.11. The molecular formula is C15H24F2N4O. The molecule has 0 aliphatic carbocycles. The van der Waals surface area contributed by atoms with E-state index in [1.807, 2.05) is 11.8 Å². The molecule has 0 radical (unpaired) electrons. The Morgan fingerprint density at radius 1 is 1.50 bits per heavy atom. The third-order valence-electron chi connectivity index (χ3n) is 4.25. The molecule has 1 aliphatic rings. The van der Waals surface area contributed by atoms with Crippen LogP contribution in [0, 0.1) is 13.8 Å². The van der Waals surface area contributed by atoms with Gasteiger partial charge in [0.15, 0.2) is 0 Å². The maximum Gasteiger partial charge on any atom is 0.333 e. The third-order valence-corrected chi connectivity index (χ3v) is 4.25. The van der Waals surface area contributed by atoms with E-state index in [4.69, 9.17) is 0 Å². The highest BCUT2D eigenvalue weighted by molar-refractivity contribution is 5.79. The molecule has 0 aromatic carbocycles.